The van der Waals surface area contributed by atoms with Gasteiger partial charge in [-0.1, -0.05) is 26.8 Å². The molecule has 226 valence electrons. The maximum Gasteiger partial charge on any atom is 0.254 e. The van der Waals surface area contributed by atoms with E-state index in [1.54, 1.807) is 11.0 Å². The highest BCUT2D eigenvalue weighted by atomic mass is 19.1. The molecule has 3 aromatic heterocycles. The molecule has 1 aliphatic heterocycles. The van der Waals surface area contributed by atoms with E-state index in [2.05, 4.69) is 22.5 Å². The molecule has 2 fully saturated rings. The Bertz CT molecular complexity index is 1690. The zero-order chi connectivity index (χ0) is 30.4. The number of fused-ring (bicyclic) bond motifs is 1. The number of pyridine rings is 2. The molecule has 1 amide bonds. The predicted octanol–water partition coefficient (Wildman–Crippen LogP) is 6.75. The topological polar surface area (TPSA) is 63.5 Å². The fourth-order valence-electron chi connectivity index (χ4n) is 6.34. The average Bonchev–Trinajstić information content (AvgIpc) is 3.78. The summed E-state index contributed by atoms with van der Waals surface area (Å²) < 4.78 is 37.6. The number of piperazine rings is 1. The van der Waals surface area contributed by atoms with Crippen LogP contribution in [-0.4, -0.2) is 58.6 Å². The molecule has 1 saturated carbocycles. The monoisotopic (exact) mass is 587 g/mol. The summed E-state index contributed by atoms with van der Waals surface area (Å²) in [6.07, 6.45) is 4.21. The number of aryl methyl sites for hydroxylation is 2. The molecule has 0 unspecified atom stereocenters. The van der Waals surface area contributed by atoms with Crippen molar-refractivity contribution in [2.24, 2.45) is 5.92 Å². The third-order valence-corrected chi connectivity index (χ3v) is 8.69. The molecule has 1 aliphatic carbocycles. The standard InChI is InChI=1S/C34H39F2N5O2/c1-6-28-25(10-7-21(4)38-28)26-15-23(16-27-30(36)31(20(2)3)41(32(26)27)19-22-8-9-22)34(42)40-13-11-39(12-14-40)33-29(43-5)17-24(35)18-37-33/h7,10,15-18,20,22H,6,8-9,11-14,19H2,1-5H3. The second-order valence-electron chi connectivity index (χ2n) is 12.1. The van der Waals surface area contributed by atoms with Crippen LogP contribution < -0.4 is 9.64 Å². The van der Waals surface area contributed by atoms with Gasteiger partial charge in [0.2, 0.25) is 0 Å². The zero-order valence-electron chi connectivity index (χ0n) is 25.6. The Morgan fingerprint density at radius 3 is 2.47 bits per heavy atom. The first-order valence-electron chi connectivity index (χ1n) is 15.3. The lowest BCUT2D eigenvalue weighted by Gasteiger charge is -2.36. The first-order valence-corrected chi connectivity index (χ1v) is 15.3. The van der Waals surface area contributed by atoms with Gasteiger partial charge < -0.3 is 19.1 Å². The molecular formula is C34H39F2N5O2. The van der Waals surface area contributed by atoms with Gasteiger partial charge in [0.25, 0.3) is 5.91 Å². The first-order chi connectivity index (χ1) is 20.7. The molecule has 9 heteroatoms. The Morgan fingerprint density at radius 2 is 1.81 bits per heavy atom. The highest BCUT2D eigenvalue weighted by Gasteiger charge is 2.31. The lowest BCUT2D eigenvalue weighted by Crippen LogP contribution is -2.49. The quantitative estimate of drug-likeness (QED) is 0.228. The number of nitrogens with zero attached hydrogens (tertiary/aromatic N) is 5. The van der Waals surface area contributed by atoms with E-state index >= 15 is 4.39 Å². The summed E-state index contributed by atoms with van der Waals surface area (Å²) in [5.74, 6) is 0.618. The van der Waals surface area contributed by atoms with Crippen molar-refractivity contribution in [2.45, 2.75) is 59.4 Å². The van der Waals surface area contributed by atoms with Gasteiger partial charge in [0, 0.05) is 72.3 Å². The van der Waals surface area contributed by atoms with Crippen LogP contribution in [0.15, 0.2) is 36.5 Å². The van der Waals surface area contributed by atoms with Gasteiger partial charge in [0.05, 0.1) is 24.5 Å². The van der Waals surface area contributed by atoms with Crippen LogP contribution in [0, 0.1) is 24.5 Å². The Kier molecular flexibility index (Phi) is 7.83. The van der Waals surface area contributed by atoms with E-state index in [1.807, 2.05) is 37.8 Å². The van der Waals surface area contributed by atoms with E-state index < -0.39 is 5.82 Å². The molecule has 1 saturated heterocycles. The fraction of sp³-hybridized carbons (Fsp3) is 0.441. The van der Waals surface area contributed by atoms with Gasteiger partial charge >= 0.3 is 0 Å². The summed E-state index contributed by atoms with van der Waals surface area (Å²) in [7, 11) is 1.49. The molecule has 6 rings (SSSR count). The number of anilines is 1. The third-order valence-electron chi connectivity index (χ3n) is 8.69. The maximum atomic E-state index is 16.4. The minimum absolute atomic E-state index is 0.00919. The van der Waals surface area contributed by atoms with Crippen molar-refractivity contribution in [3.8, 4) is 16.9 Å². The van der Waals surface area contributed by atoms with E-state index in [4.69, 9.17) is 9.72 Å². The number of hydrogen-bond donors (Lipinski definition) is 0. The van der Waals surface area contributed by atoms with Crippen LogP contribution in [0.5, 0.6) is 5.75 Å². The summed E-state index contributed by atoms with van der Waals surface area (Å²) in [4.78, 5) is 26.9. The molecule has 4 aromatic rings. The minimum atomic E-state index is -0.463. The molecule has 0 atom stereocenters. The molecule has 0 radical (unpaired) electrons. The lowest BCUT2D eigenvalue weighted by atomic mass is 9.96. The Labute approximate surface area is 251 Å². The van der Waals surface area contributed by atoms with Gasteiger partial charge in [-0.15, -0.1) is 0 Å². The van der Waals surface area contributed by atoms with Gasteiger partial charge in [0.15, 0.2) is 17.4 Å². The average molecular weight is 588 g/mol. The fourth-order valence-corrected chi connectivity index (χ4v) is 6.34. The van der Waals surface area contributed by atoms with Crippen molar-refractivity contribution in [1.82, 2.24) is 19.4 Å². The van der Waals surface area contributed by atoms with Crippen molar-refractivity contribution < 1.29 is 18.3 Å². The van der Waals surface area contributed by atoms with Crippen molar-refractivity contribution in [1.29, 1.82) is 0 Å². The molecule has 0 N–H and O–H groups in total. The van der Waals surface area contributed by atoms with Gasteiger partial charge in [-0.2, -0.15) is 0 Å². The zero-order valence-corrected chi connectivity index (χ0v) is 25.6. The SMILES string of the molecule is CCc1nc(C)ccc1-c1cc(C(=O)N2CCN(c3ncc(F)cc3OC)CC2)cc2c(F)c(C(C)C)n(CC3CC3)c12. The van der Waals surface area contributed by atoms with Crippen molar-refractivity contribution in [3.05, 3.63) is 70.8 Å². The number of carbonyl (C=O) groups excluding carboxylic acids is 1. The summed E-state index contributed by atoms with van der Waals surface area (Å²) in [6, 6.07) is 9.06. The van der Waals surface area contributed by atoms with Gasteiger partial charge in [-0.3, -0.25) is 9.78 Å². The summed E-state index contributed by atoms with van der Waals surface area (Å²) in [5.41, 5.74) is 5.67. The number of carbonyl (C=O) groups is 1. The number of halogens is 2. The number of aromatic nitrogens is 3. The third kappa shape index (κ3) is 5.45. The molecular weight excluding hydrogens is 548 g/mol. The number of amides is 1. The van der Waals surface area contributed by atoms with E-state index in [0.29, 0.717) is 60.3 Å². The van der Waals surface area contributed by atoms with Gasteiger partial charge in [0.1, 0.15) is 5.82 Å². The molecule has 1 aromatic carbocycles. The molecule has 43 heavy (non-hydrogen) atoms. The molecule has 7 nitrogen and oxygen atoms in total. The second-order valence-corrected chi connectivity index (χ2v) is 12.1. The second kappa shape index (κ2) is 11.6. The van der Waals surface area contributed by atoms with Crippen LogP contribution >= 0.6 is 0 Å². The molecule has 2 aliphatic rings. The van der Waals surface area contributed by atoms with Crippen LogP contribution in [0.4, 0.5) is 14.6 Å². The van der Waals surface area contributed by atoms with Crippen LogP contribution in [0.1, 0.15) is 67.0 Å². The Morgan fingerprint density at radius 1 is 1.07 bits per heavy atom. The summed E-state index contributed by atoms with van der Waals surface area (Å²) >= 11 is 0. The van der Waals surface area contributed by atoms with Gasteiger partial charge in [-0.05, 0) is 56.2 Å². The van der Waals surface area contributed by atoms with Crippen molar-refractivity contribution in [3.63, 3.8) is 0 Å². The molecule has 4 heterocycles. The van der Waals surface area contributed by atoms with E-state index in [9.17, 15) is 9.18 Å². The first kappa shape index (κ1) is 29.1. The normalized spacial score (nSPS) is 15.5. The van der Waals surface area contributed by atoms with Crippen LogP contribution in [0.25, 0.3) is 22.0 Å². The number of ether oxygens (including phenoxy) is 1. The highest BCUT2D eigenvalue weighted by molar-refractivity contribution is 6.05. The number of rotatable bonds is 8. The van der Waals surface area contributed by atoms with E-state index in [-0.39, 0.29) is 17.6 Å². The van der Waals surface area contributed by atoms with Gasteiger partial charge in [-0.25, -0.2) is 13.8 Å². The van der Waals surface area contributed by atoms with E-state index in [0.717, 1.165) is 53.8 Å². The highest BCUT2D eigenvalue weighted by Crippen LogP contribution is 2.41. The van der Waals surface area contributed by atoms with Crippen molar-refractivity contribution in [2.75, 3.05) is 38.2 Å². The van der Waals surface area contributed by atoms with E-state index in [1.165, 1.54) is 19.4 Å². The number of hydrogen-bond acceptors (Lipinski definition) is 5. The van der Waals surface area contributed by atoms with Crippen LogP contribution in [-0.2, 0) is 13.0 Å². The summed E-state index contributed by atoms with van der Waals surface area (Å²) in [6.45, 7) is 10.8. The molecule has 0 bridgehead atoms. The molecule has 0 spiro atoms. The number of methoxy groups -OCH3 is 1. The summed E-state index contributed by atoms with van der Waals surface area (Å²) in [5, 5.41) is 0.492. The minimum Gasteiger partial charge on any atom is -0.493 e. The Hall–Kier alpha value is -4.01. The predicted molar refractivity (Wildman–Crippen MR) is 165 cm³/mol. The maximum absolute atomic E-state index is 16.4. The van der Waals surface area contributed by atoms with Crippen molar-refractivity contribution >= 4 is 22.6 Å². The number of benzene rings is 1. The lowest BCUT2D eigenvalue weighted by molar-refractivity contribution is 0.0746. The van der Waals surface area contributed by atoms with Crippen LogP contribution in [0.3, 0.4) is 0 Å². The largest absolute Gasteiger partial charge is 0.493 e. The smallest absolute Gasteiger partial charge is 0.254 e. The van der Waals surface area contributed by atoms with Crippen LogP contribution in [0.2, 0.25) is 0 Å². The Balaban J connectivity index is 1.41.